The van der Waals surface area contributed by atoms with Crippen molar-refractivity contribution in [3.05, 3.63) is 60.3 Å². The molecule has 4 rings (SSSR count). The lowest BCUT2D eigenvalue weighted by Gasteiger charge is -2.36. The number of rotatable bonds is 5. The van der Waals surface area contributed by atoms with Crippen LogP contribution in [0.15, 0.2) is 54.7 Å². The van der Waals surface area contributed by atoms with Crippen LogP contribution in [0.5, 0.6) is 0 Å². The fourth-order valence-electron chi connectivity index (χ4n) is 3.10. The summed E-state index contributed by atoms with van der Waals surface area (Å²) in [6.45, 7) is 0.295. The number of nitrogens with one attached hydrogen (secondary N) is 3. The number of H-pyrrole nitrogens is 1. The normalized spacial score (nSPS) is 19.2. The van der Waals surface area contributed by atoms with E-state index in [-0.39, 0.29) is 12.1 Å². The van der Waals surface area contributed by atoms with Crippen molar-refractivity contribution in [1.29, 1.82) is 0 Å². The Morgan fingerprint density at radius 3 is 2.80 bits per heavy atom. The zero-order valence-corrected chi connectivity index (χ0v) is 13.7. The highest BCUT2D eigenvalue weighted by Crippen LogP contribution is 2.28. The molecule has 2 aromatic carbocycles. The molecule has 0 unspecified atom stereocenters. The molecule has 3 N–H and O–H groups in total. The third-order valence-electron chi connectivity index (χ3n) is 4.52. The van der Waals surface area contributed by atoms with Gasteiger partial charge in [0.25, 0.3) is 0 Å². The summed E-state index contributed by atoms with van der Waals surface area (Å²) >= 11 is 0. The summed E-state index contributed by atoms with van der Waals surface area (Å²) in [5.41, 5.74) is 3.07. The van der Waals surface area contributed by atoms with Gasteiger partial charge in [0.1, 0.15) is 6.61 Å². The number of fused-ring (bicyclic) bond motifs is 1. The minimum atomic E-state index is -0.357. The summed E-state index contributed by atoms with van der Waals surface area (Å²) in [4.78, 5) is 11.9. The van der Waals surface area contributed by atoms with Gasteiger partial charge in [-0.1, -0.05) is 36.4 Å². The summed E-state index contributed by atoms with van der Waals surface area (Å²) in [6.07, 6.45) is 3.24. The van der Waals surface area contributed by atoms with E-state index in [2.05, 4.69) is 20.8 Å². The molecule has 0 bridgehead atoms. The maximum Gasteiger partial charge on any atom is 0.407 e. The van der Waals surface area contributed by atoms with Gasteiger partial charge in [0.15, 0.2) is 0 Å². The molecule has 25 heavy (non-hydrogen) atoms. The number of hydrogen-bond donors (Lipinski definition) is 3. The SMILES string of the molecule is O=C(NC1CC(Nc2cccc3[nH]ncc23)C1)OCc1ccccc1. The summed E-state index contributed by atoms with van der Waals surface area (Å²) < 4.78 is 5.25. The van der Waals surface area contributed by atoms with Crippen LogP contribution in [0, 0.1) is 0 Å². The Bertz CT molecular complexity index is 856. The number of ether oxygens (including phenoxy) is 1. The average molecular weight is 336 g/mol. The molecule has 1 saturated carbocycles. The lowest BCUT2D eigenvalue weighted by atomic mass is 9.86. The molecule has 128 valence electrons. The third kappa shape index (κ3) is 3.57. The highest BCUT2D eigenvalue weighted by atomic mass is 16.5. The van der Waals surface area contributed by atoms with E-state index < -0.39 is 0 Å². The average Bonchev–Trinajstić information content (AvgIpc) is 3.08. The molecule has 1 fully saturated rings. The molecule has 0 saturated heterocycles. The number of nitrogens with zero attached hydrogens (tertiary/aromatic N) is 1. The van der Waals surface area contributed by atoms with Gasteiger partial charge in [-0.25, -0.2) is 4.79 Å². The summed E-state index contributed by atoms with van der Waals surface area (Å²) in [5.74, 6) is 0. The predicted molar refractivity (Wildman–Crippen MR) is 96.3 cm³/mol. The molecule has 0 aliphatic heterocycles. The Kier molecular flexibility index (Phi) is 4.24. The van der Waals surface area contributed by atoms with Crippen molar-refractivity contribution in [1.82, 2.24) is 15.5 Å². The molecule has 1 heterocycles. The molecule has 0 radical (unpaired) electrons. The van der Waals surface area contributed by atoms with E-state index in [0.29, 0.717) is 12.6 Å². The number of aromatic amines is 1. The van der Waals surface area contributed by atoms with Crippen molar-refractivity contribution in [2.24, 2.45) is 0 Å². The van der Waals surface area contributed by atoms with Crippen molar-refractivity contribution < 1.29 is 9.53 Å². The lowest BCUT2D eigenvalue weighted by Crippen LogP contribution is -2.49. The molecule has 1 aromatic heterocycles. The fraction of sp³-hybridized carbons (Fsp3) is 0.263. The molecule has 3 aromatic rings. The third-order valence-corrected chi connectivity index (χ3v) is 4.52. The van der Waals surface area contributed by atoms with E-state index in [0.717, 1.165) is 35.0 Å². The molecular weight excluding hydrogens is 316 g/mol. The maximum absolute atomic E-state index is 11.9. The van der Waals surface area contributed by atoms with Crippen LogP contribution in [0.2, 0.25) is 0 Å². The number of hydrogen-bond acceptors (Lipinski definition) is 4. The quantitative estimate of drug-likeness (QED) is 0.667. The minimum Gasteiger partial charge on any atom is -0.445 e. The second-order valence-electron chi connectivity index (χ2n) is 6.35. The number of amides is 1. The molecular formula is C19H20N4O2. The number of benzene rings is 2. The topological polar surface area (TPSA) is 79.0 Å². The van der Waals surface area contributed by atoms with Crippen molar-refractivity contribution in [2.75, 3.05) is 5.32 Å². The molecule has 1 amide bonds. The number of carbonyl (C=O) groups excluding carboxylic acids is 1. The van der Waals surface area contributed by atoms with Gasteiger partial charge in [0.05, 0.1) is 11.7 Å². The summed E-state index contributed by atoms with van der Waals surface area (Å²) in [6, 6.07) is 16.2. The van der Waals surface area contributed by atoms with Crippen LogP contribution in [-0.4, -0.2) is 28.4 Å². The molecule has 0 atom stereocenters. The van der Waals surface area contributed by atoms with E-state index in [1.807, 2.05) is 54.7 Å². The van der Waals surface area contributed by atoms with Gasteiger partial charge < -0.3 is 15.4 Å². The number of aromatic nitrogens is 2. The Hall–Kier alpha value is -3.02. The van der Waals surface area contributed by atoms with E-state index in [1.54, 1.807) is 0 Å². The van der Waals surface area contributed by atoms with Crippen molar-refractivity contribution in [3.8, 4) is 0 Å². The Balaban J connectivity index is 1.22. The van der Waals surface area contributed by atoms with Crippen LogP contribution in [0.4, 0.5) is 10.5 Å². The largest absolute Gasteiger partial charge is 0.445 e. The van der Waals surface area contributed by atoms with Gasteiger partial charge in [0.2, 0.25) is 0 Å². The number of carbonyl (C=O) groups is 1. The smallest absolute Gasteiger partial charge is 0.407 e. The Morgan fingerprint density at radius 2 is 1.96 bits per heavy atom. The van der Waals surface area contributed by atoms with Crippen molar-refractivity contribution >= 4 is 22.7 Å². The zero-order valence-electron chi connectivity index (χ0n) is 13.7. The minimum absolute atomic E-state index is 0.157. The first kappa shape index (κ1) is 15.5. The molecule has 6 heteroatoms. The molecule has 1 aliphatic rings. The number of anilines is 1. The van der Waals surface area contributed by atoms with Gasteiger partial charge in [-0.3, -0.25) is 5.10 Å². The first-order valence-corrected chi connectivity index (χ1v) is 8.44. The van der Waals surface area contributed by atoms with Crippen molar-refractivity contribution in [3.63, 3.8) is 0 Å². The zero-order chi connectivity index (χ0) is 17.1. The molecule has 0 spiro atoms. The van der Waals surface area contributed by atoms with Gasteiger partial charge in [-0.15, -0.1) is 0 Å². The van der Waals surface area contributed by atoms with E-state index in [9.17, 15) is 4.79 Å². The van der Waals surface area contributed by atoms with Crippen molar-refractivity contribution in [2.45, 2.75) is 31.5 Å². The summed E-state index contributed by atoms with van der Waals surface area (Å²) in [5, 5.41) is 14.6. The van der Waals surface area contributed by atoms with E-state index in [1.165, 1.54) is 0 Å². The molecule has 6 nitrogen and oxygen atoms in total. The second-order valence-corrected chi connectivity index (χ2v) is 6.35. The van der Waals surface area contributed by atoms with Gasteiger partial charge in [-0.2, -0.15) is 5.10 Å². The van der Waals surface area contributed by atoms with Crippen LogP contribution < -0.4 is 10.6 Å². The van der Waals surface area contributed by atoms with Crippen LogP contribution in [0.1, 0.15) is 18.4 Å². The fourth-order valence-corrected chi connectivity index (χ4v) is 3.10. The molecule has 1 aliphatic carbocycles. The van der Waals surface area contributed by atoms with Gasteiger partial charge in [-0.05, 0) is 30.5 Å². The maximum atomic E-state index is 11.9. The Labute approximate surface area is 145 Å². The van der Waals surface area contributed by atoms with Crippen LogP contribution in [0.3, 0.4) is 0 Å². The predicted octanol–water partition coefficient (Wildman–Crippen LogP) is 3.43. The summed E-state index contributed by atoms with van der Waals surface area (Å²) in [7, 11) is 0. The first-order valence-electron chi connectivity index (χ1n) is 8.44. The lowest BCUT2D eigenvalue weighted by molar-refractivity contribution is 0.129. The standard InChI is InChI=1S/C19H20N4O2/c24-19(25-12-13-5-2-1-3-6-13)22-15-9-14(10-15)21-17-7-4-8-18-16(17)11-20-23-18/h1-8,11,14-15,21H,9-10,12H2,(H,20,23)(H,22,24). The second kappa shape index (κ2) is 6.84. The van der Waals surface area contributed by atoms with Crippen LogP contribution in [-0.2, 0) is 11.3 Å². The monoisotopic (exact) mass is 336 g/mol. The van der Waals surface area contributed by atoms with Gasteiger partial charge in [0, 0.05) is 23.2 Å². The highest BCUT2D eigenvalue weighted by molar-refractivity contribution is 5.91. The highest BCUT2D eigenvalue weighted by Gasteiger charge is 2.30. The number of alkyl carbamates (subject to hydrolysis) is 1. The van der Waals surface area contributed by atoms with Crippen LogP contribution >= 0.6 is 0 Å². The van der Waals surface area contributed by atoms with E-state index in [4.69, 9.17) is 4.74 Å². The van der Waals surface area contributed by atoms with E-state index >= 15 is 0 Å². The first-order chi connectivity index (χ1) is 12.3. The Morgan fingerprint density at radius 1 is 1.12 bits per heavy atom. The van der Waals surface area contributed by atoms with Crippen LogP contribution in [0.25, 0.3) is 10.9 Å². The van der Waals surface area contributed by atoms with Gasteiger partial charge >= 0.3 is 6.09 Å².